The molecule has 16 heteroatoms. The highest BCUT2D eigenvalue weighted by Crippen LogP contribution is 2.63. The Hall–Kier alpha value is -3.20. The monoisotopic (exact) mass is 964 g/mol. The maximum Gasteiger partial charge on any atom is 0.202 e. The molecule has 0 heterocycles. The third kappa shape index (κ3) is 7.78. The van der Waals surface area contributed by atoms with Crippen LogP contribution in [0.3, 0.4) is 0 Å². The zero-order valence-electron chi connectivity index (χ0n) is 32.8. The van der Waals surface area contributed by atoms with Crippen molar-refractivity contribution in [3.8, 4) is 0 Å². The lowest BCUT2D eigenvalue weighted by Crippen LogP contribution is -2.26. The molecule has 0 amide bonds. The van der Waals surface area contributed by atoms with Gasteiger partial charge in [0, 0.05) is 56.0 Å². The molecule has 0 spiro atoms. The van der Waals surface area contributed by atoms with Crippen LogP contribution < -0.4 is 0 Å². The maximum atomic E-state index is 13.1. The zero-order chi connectivity index (χ0) is 43.9. The van der Waals surface area contributed by atoms with Crippen molar-refractivity contribution in [3.05, 3.63) is 161 Å². The Morgan fingerprint density at radius 1 is 0.350 bits per heavy atom. The molecule has 4 aliphatic rings. The van der Waals surface area contributed by atoms with Crippen molar-refractivity contribution in [1.29, 1.82) is 0 Å². The fourth-order valence-electron chi connectivity index (χ4n) is 8.50. The molecule has 2 atom stereocenters. The minimum atomic E-state index is -3.67. The lowest BCUT2D eigenvalue weighted by molar-refractivity contribution is 0.217. The molecule has 0 radical (unpaired) electrons. The Bertz CT molecular complexity index is 2790. The van der Waals surface area contributed by atoms with Crippen molar-refractivity contribution in [2.24, 2.45) is 21.7 Å². The van der Waals surface area contributed by atoms with Gasteiger partial charge in [0.1, 0.15) is 0 Å². The molecular formula is C44H40Cl4O8S4. The third-order valence-corrected chi connectivity index (χ3v) is 21.0. The number of sulfone groups is 4. The SMILES string of the molecule is CC12C=C(S(=O)(=O)c3ccc(Cl)cc3)CC1(C)C=C(S(=O)(=O)c1ccc(Cl)cc1)C2.CC12C=C(S(=O)(=O)c3ccc(Cl)cc3)CC1(C)CC(S(=O)(=O)c1ccc(Cl)cc1)=C2. The standard InChI is InChI=1S/2C22H20Cl2O4S2/c2*1-21-11-19(29(25,26)17-7-3-15(23)4-8-17)13-22(21,2)14-20(12-21)30(27,28)18-9-5-16(24)6-10-18/h3-11,14H,12-13H2,1-2H3;3-12H,13-14H2,1-2H3. The van der Waals surface area contributed by atoms with E-state index in [4.69, 9.17) is 46.4 Å². The van der Waals surface area contributed by atoms with Gasteiger partial charge in [0.15, 0.2) is 0 Å². The van der Waals surface area contributed by atoms with Gasteiger partial charge in [-0.25, -0.2) is 33.7 Å². The maximum absolute atomic E-state index is 13.1. The summed E-state index contributed by atoms with van der Waals surface area (Å²) in [6.07, 6.45) is 7.91. The minimum Gasteiger partial charge on any atom is -0.219 e. The highest BCUT2D eigenvalue weighted by molar-refractivity contribution is 7.96. The first kappa shape index (κ1) is 44.8. The van der Waals surface area contributed by atoms with Gasteiger partial charge in [-0.15, -0.1) is 0 Å². The molecule has 0 aliphatic heterocycles. The summed E-state index contributed by atoms with van der Waals surface area (Å²) in [6, 6.07) is 24.3. The molecule has 60 heavy (non-hydrogen) atoms. The molecule has 316 valence electrons. The number of hydrogen-bond acceptors (Lipinski definition) is 8. The topological polar surface area (TPSA) is 137 Å². The third-order valence-electron chi connectivity index (χ3n) is 12.6. The predicted molar refractivity (Wildman–Crippen MR) is 238 cm³/mol. The van der Waals surface area contributed by atoms with E-state index in [0.29, 0.717) is 39.7 Å². The number of rotatable bonds is 8. The fraction of sp³-hybridized carbons (Fsp3) is 0.273. The summed E-state index contributed by atoms with van der Waals surface area (Å²) in [5.41, 5.74) is -2.46. The van der Waals surface area contributed by atoms with Gasteiger partial charge < -0.3 is 0 Å². The van der Waals surface area contributed by atoms with Crippen LogP contribution in [0.15, 0.2) is 161 Å². The molecular weight excluding hydrogens is 927 g/mol. The van der Waals surface area contributed by atoms with Gasteiger partial charge in [0.2, 0.25) is 39.3 Å². The van der Waals surface area contributed by atoms with Crippen LogP contribution in [-0.4, -0.2) is 33.7 Å². The molecule has 0 aromatic heterocycles. The molecule has 0 saturated carbocycles. The molecule has 0 saturated heterocycles. The number of halogens is 4. The summed E-state index contributed by atoms with van der Waals surface area (Å²) in [5, 5.41) is 1.85. The summed E-state index contributed by atoms with van der Waals surface area (Å²) in [7, 11) is -14.7. The second-order valence-corrected chi connectivity index (χ2v) is 26.4. The number of allylic oxidation sites excluding steroid dienone is 8. The average Bonchev–Trinajstić information content (AvgIpc) is 3.79. The largest absolute Gasteiger partial charge is 0.219 e. The van der Waals surface area contributed by atoms with Crippen LogP contribution in [0.2, 0.25) is 20.1 Å². The molecule has 0 fully saturated rings. The highest BCUT2D eigenvalue weighted by Gasteiger charge is 2.56. The van der Waals surface area contributed by atoms with Crippen molar-refractivity contribution in [2.45, 2.75) is 73.0 Å². The van der Waals surface area contributed by atoms with E-state index in [9.17, 15) is 33.7 Å². The van der Waals surface area contributed by atoms with Gasteiger partial charge in [-0.1, -0.05) is 98.4 Å². The second-order valence-electron chi connectivity index (χ2n) is 16.7. The van der Waals surface area contributed by atoms with E-state index < -0.39 is 61.0 Å². The van der Waals surface area contributed by atoms with Crippen molar-refractivity contribution in [2.75, 3.05) is 0 Å². The summed E-state index contributed by atoms with van der Waals surface area (Å²) in [4.78, 5) is 1.99. The van der Waals surface area contributed by atoms with E-state index in [0.717, 1.165) is 0 Å². The van der Waals surface area contributed by atoms with Gasteiger partial charge in [-0.2, -0.15) is 0 Å². The Balaban J connectivity index is 0.000000181. The van der Waals surface area contributed by atoms with E-state index in [1.807, 2.05) is 27.7 Å². The lowest BCUT2D eigenvalue weighted by Gasteiger charge is -2.33. The average molecular weight is 967 g/mol. The number of benzene rings is 4. The summed E-state index contributed by atoms with van der Waals surface area (Å²) >= 11 is 23.5. The molecule has 0 N–H and O–H groups in total. The quantitative estimate of drug-likeness (QED) is 0.170. The van der Waals surface area contributed by atoms with Gasteiger partial charge in [-0.05, 0) is 128 Å². The van der Waals surface area contributed by atoms with Crippen LogP contribution in [0.1, 0.15) is 53.4 Å². The van der Waals surface area contributed by atoms with Crippen LogP contribution in [0, 0.1) is 21.7 Å². The van der Waals surface area contributed by atoms with Crippen LogP contribution in [0.5, 0.6) is 0 Å². The molecule has 8 nitrogen and oxygen atoms in total. The van der Waals surface area contributed by atoms with Gasteiger partial charge >= 0.3 is 0 Å². The molecule has 4 aliphatic carbocycles. The summed E-state index contributed by atoms with van der Waals surface area (Å²) < 4.78 is 105. The van der Waals surface area contributed by atoms with E-state index >= 15 is 0 Å². The van der Waals surface area contributed by atoms with Crippen LogP contribution in [0.25, 0.3) is 0 Å². The Kier molecular flexibility index (Phi) is 11.4. The smallest absolute Gasteiger partial charge is 0.202 e. The van der Waals surface area contributed by atoms with Crippen LogP contribution in [-0.2, 0) is 39.3 Å². The Morgan fingerprint density at radius 2 is 0.567 bits per heavy atom. The lowest BCUT2D eigenvalue weighted by atomic mass is 9.70. The van der Waals surface area contributed by atoms with Crippen molar-refractivity contribution >= 4 is 85.8 Å². The van der Waals surface area contributed by atoms with Crippen LogP contribution >= 0.6 is 46.4 Å². The van der Waals surface area contributed by atoms with E-state index in [-0.39, 0.29) is 45.3 Å². The molecule has 0 bridgehead atoms. The molecule has 2 unspecified atom stereocenters. The van der Waals surface area contributed by atoms with Crippen molar-refractivity contribution in [3.63, 3.8) is 0 Å². The van der Waals surface area contributed by atoms with E-state index in [1.165, 1.54) is 48.5 Å². The van der Waals surface area contributed by atoms with Crippen molar-refractivity contribution < 1.29 is 33.7 Å². The molecule has 4 aromatic rings. The normalized spacial score (nSPS) is 26.3. The van der Waals surface area contributed by atoms with Gasteiger partial charge in [0.25, 0.3) is 0 Å². The number of hydrogen-bond donors (Lipinski definition) is 0. The summed E-state index contributed by atoms with van der Waals surface area (Å²) in [6.45, 7) is 7.66. The first-order valence-electron chi connectivity index (χ1n) is 18.6. The predicted octanol–water partition coefficient (Wildman–Crippen LogP) is 11.7. The first-order chi connectivity index (χ1) is 27.7. The van der Waals surface area contributed by atoms with Crippen molar-refractivity contribution in [1.82, 2.24) is 0 Å². The number of fused-ring (bicyclic) bond motifs is 2. The minimum absolute atomic E-state index is 0.184. The Morgan fingerprint density at radius 3 is 0.783 bits per heavy atom. The highest BCUT2D eigenvalue weighted by atomic mass is 35.5. The van der Waals surface area contributed by atoms with E-state index in [1.54, 1.807) is 72.8 Å². The van der Waals surface area contributed by atoms with Gasteiger partial charge in [0.05, 0.1) is 19.6 Å². The fourth-order valence-corrected chi connectivity index (χ4v) is 15.8. The zero-order valence-corrected chi connectivity index (χ0v) is 39.1. The first-order valence-corrected chi connectivity index (χ1v) is 26.1. The molecule has 4 aromatic carbocycles. The van der Waals surface area contributed by atoms with E-state index in [2.05, 4.69) is 0 Å². The van der Waals surface area contributed by atoms with Gasteiger partial charge in [-0.3, -0.25) is 0 Å². The molecule has 8 rings (SSSR count). The van der Waals surface area contributed by atoms with Crippen LogP contribution in [0.4, 0.5) is 0 Å². The summed E-state index contributed by atoms with van der Waals surface area (Å²) in [5.74, 6) is 0. The Labute approximate surface area is 372 Å². The second kappa shape index (κ2) is 15.3.